The number of rotatable bonds is 7. The molecule has 1 aromatic rings. The van der Waals surface area contributed by atoms with Crippen molar-refractivity contribution in [3.8, 4) is 0 Å². The number of amides is 1. The number of nitrogen functional groups attached to an aromatic ring is 1. The number of aryl methyl sites for hydroxylation is 1. The van der Waals surface area contributed by atoms with Gasteiger partial charge in [-0.15, -0.1) is 0 Å². The van der Waals surface area contributed by atoms with E-state index in [0.29, 0.717) is 31.3 Å². The van der Waals surface area contributed by atoms with Crippen LogP contribution in [0, 0.1) is 11.8 Å². The summed E-state index contributed by atoms with van der Waals surface area (Å²) in [5.41, 5.74) is 8.24. The Labute approximate surface area is 167 Å². The van der Waals surface area contributed by atoms with E-state index < -0.39 is 0 Å². The topological polar surface area (TPSA) is 105 Å². The van der Waals surface area contributed by atoms with Gasteiger partial charge in [-0.25, -0.2) is 9.97 Å². The van der Waals surface area contributed by atoms with E-state index in [1.54, 1.807) is 7.11 Å². The first kappa shape index (κ1) is 21.0. The summed E-state index contributed by atoms with van der Waals surface area (Å²) in [7, 11) is 3.76. The van der Waals surface area contributed by atoms with Crippen LogP contribution in [-0.4, -0.2) is 84.3 Å². The lowest BCUT2D eigenvalue weighted by Crippen LogP contribution is -2.48. The summed E-state index contributed by atoms with van der Waals surface area (Å²) < 4.78 is 5.15. The molecule has 1 aromatic heterocycles. The lowest BCUT2D eigenvalue weighted by Gasteiger charge is -2.39. The van der Waals surface area contributed by atoms with Crippen LogP contribution >= 0.6 is 0 Å². The smallest absolute Gasteiger partial charge is 0.272 e. The second-order valence-electron chi connectivity index (χ2n) is 8.18. The third-order valence-electron chi connectivity index (χ3n) is 5.82. The molecule has 2 atom stereocenters. The van der Waals surface area contributed by atoms with E-state index in [-0.39, 0.29) is 24.4 Å². The number of carbonyl (C=O) groups is 1. The Balaban J connectivity index is 1.76. The Hall–Kier alpha value is -1.77. The van der Waals surface area contributed by atoms with Gasteiger partial charge >= 0.3 is 0 Å². The van der Waals surface area contributed by atoms with Gasteiger partial charge in [0.2, 0.25) is 5.95 Å². The van der Waals surface area contributed by atoms with Gasteiger partial charge in [-0.2, -0.15) is 0 Å². The minimum atomic E-state index is -0.0741. The van der Waals surface area contributed by atoms with Gasteiger partial charge in [-0.05, 0) is 51.0 Å². The van der Waals surface area contributed by atoms with Crippen LogP contribution < -0.4 is 5.73 Å². The molecule has 1 saturated heterocycles. The number of anilines is 1. The molecule has 1 aliphatic heterocycles. The molecule has 0 saturated carbocycles. The van der Waals surface area contributed by atoms with Crippen LogP contribution in [0.5, 0.6) is 0 Å². The summed E-state index contributed by atoms with van der Waals surface area (Å²) in [6, 6.07) is 0. The van der Waals surface area contributed by atoms with Gasteiger partial charge in [-0.1, -0.05) is 0 Å². The Morgan fingerprint density at radius 2 is 2.04 bits per heavy atom. The van der Waals surface area contributed by atoms with E-state index in [1.165, 1.54) is 0 Å². The van der Waals surface area contributed by atoms with Crippen LogP contribution in [0.1, 0.15) is 41.0 Å². The monoisotopic (exact) mass is 391 g/mol. The number of hydrogen-bond donors (Lipinski definition) is 2. The molecule has 1 aliphatic carbocycles. The van der Waals surface area contributed by atoms with E-state index in [1.807, 2.05) is 4.90 Å². The van der Waals surface area contributed by atoms with E-state index in [0.717, 1.165) is 56.5 Å². The van der Waals surface area contributed by atoms with Crippen molar-refractivity contribution in [1.29, 1.82) is 0 Å². The zero-order valence-corrected chi connectivity index (χ0v) is 17.1. The molecular weight excluding hydrogens is 358 g/mol. The molecule has 0 bridgehead atoms. The lowest BCUT2D eigenvalue weighted by atomic mass is 9.88. The number of piperidine rings is 1. The molecule has 8 nitrogen and oxygen atoms in total. The van der Waals surface area contributed by atoms with Gasteiger partial charge in [0, 0.05) is 51.2 Å². The summed E-state index contributed by atoms with van der Waals surface area (Å²) >= 11 is 0. The molecule has 1 fully saturated rings. The molecule has 2 aliphatic rings. The molecule has 1 amide bonds. The number of likely N-dealkylation sites (N-methyl/N-ethyl adjacent to an activating group) is 1. The van der Waals surface area contributed by atoms with Crippen LogP contribution in [0.2, 0.25) is 0 Å². The normalized spacial score (nSPS) is 22.4. The highest BCUT2D eigenvalue weighted by Gasteiger charge is 2.33. The number of nitrogens with zero attached hydrogens (tertiary/aromatic N) is 4. The minimum Gasteiger partial charge on any atom is -0.396 e. The number of aliphatic hydroxyl groups excluding tert-OH is 1. The molecule has 2 heterocycles. The molecule has 156 valence electrons. The van der Waals surface area contributed by atoms with E-state index >= 15 is 0 Å². The molecular formula is C20H33N5O3. The molecule has 3 N–H and O–H groups in total. The number of ether oxygens (including phenoxy) is 1. The first-order valence-electron chi connectivity index (χ1n) is 10.2. The average Bonchev–Trinajstić information content (AvgIpc) is 2.70. The molecule has 0 unspecified atom stereocenters. The maximum Gasteiger partial charge on any atom is 0.272 e. The molecule has 3 rings (SSSR count). The molecule has 8 heteroatoms. The van der Waals surface area contributed by atoms with Crippen molar-refractivity contribution in [2.45, 2.75) is 32.1 Å². The maximum atomic E-state index is 13.4. The number of fused-ring (bicyclic) bond motifs is 1. The Morgan fingerprint density at radius 3 is 2.79 bits per heavy atom. The van der Waals surface area contributed by atoms with Crippen molar-refractivity contribution in [2.75, 3.05) is 59.3 Å². The first-order valence-corrected chi connectivity index (χ1v) is 10.2. The molecule has 28 heavy (non-hydrogen) atoms. The van der Waals surface area contributed by atoms with Crippen molar-refractivity contribution in [1.82, 2.24) is 19.8 Å². The third-order valence-corrected chi connectivity index (χ3v) is 5.82. The van der Waals surface area contributed by atoms with Gasteiger partial charge < -0.3 is 25.4 Å². The lowest BCUT2D eigenvalue weighted by molar-refractivity contribution is 0.0444. The van der Waals surface area contributed by atoms with Gasteiger partial charge in [0.05, 0.1) is 6.61 Å². The summed E-state index contributed by atoms with van der Waals surface area (Å²) in [5, 5.41) is 9.77. The van der Waals surface area contributed by atoms with E-state index in [2.05, 4.69) is 21.9 Å². The van der Waals surface area contributed by atoms with Gasteiger partial charge in [0.25, 0.3) is 5.91 Å². The van der Waals surface area contributed by atoms with Gasteiger partial charge in [0.1, 0.15) is 5.69 Å². The van der Waals surface area contributed by atoms with Crippen LogP contribution in [0.3, 0.4) is 0 Å². The predicted octanol–water partition coefficient (Wildman–Crippen LogP) is 0.586. The first-order chi connectivity index (χ1) is 13.5. The van der Waals surface area contributed by atoms with Crippen molar-refractivity contribution in [3.63, 3.8) is 0 Å². The van der Waals surface area contributed by atoms with Gasteiger partial charge in [0.15, 0.2) is 0 Å². The van der Waals surface area contributed by atoms with Crippen molar-refractivity contribution in [2.24, 2.45) is 11.8 Å². The number of methoxy groups -OCH3 is 1. The van der Waals surface area contributed by atoms with Crippen LogP contribution in [0.4, 0.5) is 5.95 Å². The number of aliphatic hydroxyl groups is 1. The second-order valence-corrected chi connectivity index (χ2v) is 8.18. The zero-order chi connectivity index (χ0) is 20.1. The molecule has 0 radical (unpaired) electrons. The van der Waals surface area contributed by atoms with Crippen molar-refractivity contribution < 1.29 is 14.6 Å². The summed E-state index contributed by atoms with van der Waals surface area (Å²) in [5.74, 6) is 0.505. The summed E-state index contributed by atoms with van der Waals surface area (Å²) in [6.45, 7) is 3.72. The standard InChI is InChI=1S/C20H33N5O3/c1-24(7-8-28-2)10-14-9-15(13-26)12-25(11-14)19(27)18-16-5-3-4-6-17(16)22-20(21)23-18/h14-15,26H,3-13H2,1-2H3,(H2,21,22,23)/t14-,15+/m1/s1. The quantitative estimate of drug-likeness (QED) is 0.701. The highest BCUT2D eigenvalue weighted by Crippen LogP contribution is 2.27. The fourth-order valence-corrected chi connectivity index (χ4v) is 4.47. The average molecular weight is 392 g/mol. The predicted molar refractivity (Wildman–Crippen MR) is 107 cm³/mol. The second kappa shape index (κ2) is 9.62. The number of nitrogens with two attached hydrogens (primary N) is 1. The third kappa shape index (κ3) is 4.98. The maximum absolute atomic E-state index is 13.4. The van der Waals surface area contributed by atoms with Gasteiger partial charge in [-0.3, -0.25) is 4.79 Å². The fourth-order valence-electron chi connectivity index (χ4n) is 4.47. The fraction of sp³-hybridized carbons (Fsp3) is 0.750. The number of hydrogen-bond acceptors (Lipinski definition) is 7. The highest BCUT2D eigenvalue weighted by molar-refractivity contribution is 5.94. The number of aromatic nitrogens is 2. The number of likely N-dealkylation sites (tertiary alicyclic amines) is 1. The van der Waals surface area contributed by atoms with Crippen molar-refractivity contribution >= 4 is 11.9 Å². The Bertz CT molecular complexity index is 684. The Morgan fingerprint density at radius 1 is 1.29 bits per heavy atom. The minimum absolute atomic E-state index is 0.0741. The van der Waals surface area contributed by atoms with E-state index in [4.69, 9.17) is 10.5 Å². The van der Waals surface area contributed by atoms with Crippen LogP contribution in [0.25, 0.3) is 0 Å². The SMILES string of the molecule is COCCN(C)C[C@H]1C[C@H](CO)CN(C(=O)c2nc(N)nc3c2CCCC3)C1. The zero-order valence-electron chi connectivity index (χ0n) is 17.1. The molecule has 0 aromatic carbocycles. The van der Waals surface area contributed by atoms with Crippen LogP contribution in [-0.2, 0) is 17.6 Å². The largest absolute Gasteiger partial charge is 0.396 e. The molecule has 0 spiro atoms. The highest BCUT2D eigenvalue weighted by atomic mass is 16.5. The number of carbonyl (C=O) groups excluding carboxylic acids is 1. The van der Waals surface area contributed by atoms with Crippen molar-refractivity contribution in [3.05, 3.63) is 17.0 Å². The summed E-state index contributed by atoms with van der Waals surface area (Å²) in [4.78, 5) is 26.1. The van der Waals surface area contributed by atoms with E-state index in [9.17, 15) is 9.90 Å². The summed E-state index contributed by atoms with van der Waals surface area (Å²) in [6.07, 6.45) is 4.73. The Kier molecular flexibility index (Phi) is 7.20. The van der Waals surface area contributed by atoms with Crippen LogP contribution in [0.15, 0.2) is 0 Å².